The lowest BCUT2D eigenvalue weighted by Gasteiger charge is -2.08. The van der Waals surface area contributed by atoms with Gasteiger partial charge in [0.2, 0.25) is 6.29 Å². The zero-order valence-electron chi connectivity index (χ0n) is 6.36. The molecular weight excluding hydrogens is 144 g/mol. The molecule has 0 saturated carbocycles. The molecule has 0 aliphatic carbocycles. The van der Waals surface area contributed by atoms with Gasteiger partial charge in [-0.05, 0) is 0 Å². The van der Waals surface area contributed by atoms with Crippen LogP contribution in [0.5, 0.6) is 0 Å². The highest BCUT2D eigenvalue weighted by molar-refractivity contribution is 5.53. The van der Waals surface area contributed by atoms with Crippen molar-refractivity contribution in [3.63, 3.8) is 0 Å². The Bertz CT molecular complexity index is 119. The van der Waals surface area contributed by atoms with E-state index in [9.17, 15) is 4.79 Å². The van der Waals surface area contributed by atoms with Crippen LogP contribution in [-0.2, 0) is 14.3 Å². The summed E-state index contributed by atoms with van der Waals surface area (Å²) in [6.07, 6.45) is 2.89. The van der Waals surface area contributed by atoms with Crippen LogP contribution in [0.25, 0.3) is 0 Å². The highest BCUT2D eigenvalue weighted by Crippen LogP contribution is 1.90. The third-order valence-corrected chi connectivity index (χ3v) is 0.868. The Morgan fingerprint density at radius 2 is 1.64 bits per heavy atom. The SMILES string of the molecule is C=CCOC(C=O)OCC=C. The third kappa shape index (κ3) is 5.51. The molecule has 0 amide bonds. The van der Waals surface area contributed by atoms with Gasteiger partial charge in [-0.1, -0.05) is 12.2 Å². The molecule has 0 aliphatic rings. The molecule has 0 saturated heterocycles. The quantitative estimate of drug-likeness (QED) is 0.312. The summed E-state index contributed by atoms with van der Waals surface area (Å²) in [6.45, 7) is 7.47. The maximum absolute atomic E-state index is 10.2. The molecule has 0 heterocycles. The number of hydrogen-bond donors (Lipinski definition) is 0. The molecule has 3 heteroatoms. The van der Waals surface area contributed by atoms with Gasteiger partial charge in [-0.2, -0.15) is 0 Å². The lowest BCUT2D eigenvalue weighted by molar-refractivity contribution is -0.151. The van der Waals surface area contributed by atoms with Crippen LogP contribution in [0, 0.1) is 0 Å². The van der Waals surface area contributed by atoms with Crippen molar-refractivity contribution >= 4 is 6.29 Å². The first-order valence-corrected chi connectivity index (χ1v) is 3.25. The van der Waals surface area contributed by atoms with Crippen molar-refractivity contribution in [1.29, 1.82) is 0 Å². The lowest BCUT2D eigenvalue weighted by Crippen LogP contribution is -2.18. The van der Waals surface area contributed by atoms with Crippen LogP contribution in [0.15, 0.2) is 25.3 Å². The molecule has 0 N–H and O–H groups in total. The Morgan fingerprint density at radius 1 is 1.18 bits per heavy atom. The number of carbonyl (C=O) groups is 1. The summed E-state index contributed by atoms with van der Waals surface area (Å²) in [5.41, 5.74) is 0. The molecule has 0 aromatic carbocycles. The van der Waals surface area contributed by atoms with Crippen LogP contribution in [-0.4, -0.2) is 25.8 Å². The van der Waals surface area contributed by atoms with E-state index in [0.29, 0.717) is 19.5 Å². The maximum Gasteiger partial charge on any atom is 0.215 e. The van der Waals surface area contributed by atoms with Gasteiger partial charge in [0, 0.05) is 0 Å². The molecule has 0 aromatic rings. The summed E-state index contributed by atoms with van der Waals surface area (Å²) >= 11 is 0. The van der Waals surface area contributed by atoms with Crippen LogP contribution < -0.4 is 0 Å². The highest BCUT2D eigenvalue weighted by atomic mass is 16.7. The van der Waals surface area contributed by atoms with Gasteiger partial charge in [-0.25, -0.2) is 0 Å². The molecule has 3 nitrogen and oxygen atoms in total. The third-order valence-electron chi connectivity index (χ3n) is 0.868. The molecule has 0 rings (SSSR count). The molecule has 11 heavy (non-hydrogen) atoms. The maximum atomic E-state index is 10.2. The van der Waals surface area contributed by atoms with Crippen molar-refractivity contribution in [2.75, 3.05) is 13.2 Å². The summed E-state index contributed by atoms with van der Waals surface area (Å²) in [7, 11) is 0. The first kappa shape index (κ1) is 10.1. The second-order valence-electron chi connectivity index (χ2n) is 1.75. The van der Waals surface area contributed by atoms with E-state index in [-0.39, 0.29) is 0 Å². The molecule has 0 aromatic heterocycles. The average molecular weight is 156 g/mol. The van der Waals surface area contributed by atoms with Crippen molar-refractivity contribution in [2.45, 2.75) is 6.29 Å². The average Bonchev–Trinajstić information content (AvgIpc) is 2.05. The van der Waals surface area contributed by atoms with Crippen LogP contribution in [0.1, 0.15) is 0 Å². The zero-order valence-corrected chi connectivity index (χ0v) is 6.36. The molecule has 0 bridgehead atoms. The van der Waals surface area contributed by atoms with Crippen LogP contribution >= 0.6 is 0 Å². The predicted molar refractivity (Wildman–Crippen MR) is 42.2 cm³/mol. The first-order chi connectivity index (χ1) is 5.35. The summed E-state index contributed by atoms with van der Waals surface area (Å²) in [4.78, 5) is 10.2. The number of rotatable bonds is 7. The standard InChI is InChI=1S/C8H12O3/c1-3-5-10-8(7-9)11-6-4-2/h3-4,7-8H,1-2,5-6H2. The predicted octanol–water partition coefficient (Wildman–Crippen LogP) is 0.917. The Balaban J connectivity index is 3.47. The van der Waals surface area contributed by atoms with Crippen molar-refractivity contribution in [2.24, 2.45) is 0 Å². The highest BCUT2D eigenvalue weighted by Gasteiger charge is 2.03. The Labute approximate surface area is 66.3 Å². The summed E-state index contributed by atoms with van der Waals surface area (Å²) < 4.78 is 9.77. The summed E-state index contributed by atoms with van der Waals surface area (Å²) in [5, 5.41) is 0. The number of ether oxygens (including phenoxy) is 2. The zero-order chi connectivity index (χ0) is 8.53. The normalized spacial score (nSPS) is 9.55. The number of carbonyl (C=O) groups excluding carboxylic acids is 1. The topological polar surface area (TPSA) is 35.5 Å². The fourth-order valence-corrected chi connectivity index (χ4v) is 0.452. The van der Waals surface area contributed by atoms with E-state index in [1.807, 2.05) is 0 Å². The van der Waals surface area contributed by atoms with E-state index in [0.717, 1.165) is 0 Å². The Morgan fingerprint density at radius 3 is 1.91 bits per heavy atom. The molecule has 0 unspecified atom stereocenters. The molecule has 62 valence electrons. The largest absolute Gasteiger partial charge is 0.342 e. The van der Waals surface area contributed by atoms with E-state index in [2.05, 4.69) is 13.2 Å². The smallest absolute Gasteiger partial charge is 0.215 e. The van der Waals surface area contributed by atoms with Gasteiger partial charge in [-0.15, -0.1) is 13.2 Å². The monoisotopic (exact) mass is 156 g/mol. The van der Waals surface area contributed by atoms with Crippen molar-refractivity contribution < 1.29 is 14.3 Å². The van der Waals surface area contributed by atoms with Crippen molar-refractivity contribution in [3.05, 3.63) is 25.3 Å². The van der Waals surface area contributed by atoms with Crippen LogP contribution in [0.4, 0.5) is 0 Å². The second kappa shape index (κ2) is 7.18. The van der Waals surface area contributed by atoms with Gasteiger partial charge < -0.3 is 9.47 Å². The number of hydrogen-bond acceptors (Lipinski definition) is 3. The minimum Gasteiger partial charge on any atom is -0.342 e. The molecule has 0 fully saturated rings. The van der Waals surface area contributed by atoms with E-state index in [4.69, 9.17) is 9.47 Å². The van der Waals surface area contributed by atoms with Gasteiger partial charge in [0.15, 0.2) is 6.29 Å². The van der Waals surface area contributed by atoms with E-state index in [1.54, 1.807) is 12.2 Å². The van der Waals surface area contributed by atoms with E-state index >= 15 is 0 Å². The van der Waals surface area contributed by atoms with Crippen molar-refractivity contribution in [1.82, 2.24) is 0 Å². The van der Waals surface area contributed by atoms with Crippen molar-refractivity contribution in [3.8, 4) is 0 Å². The first-order valence-electron chi connectivity index (χ1n) is 3.25. The molecule has 0 aliphatic heterocycles. The van der Waals surface area contributed by atoms with Gasteiger partial charge in [0.1, 0.15) is 0 Å². The Kier molecular flexibility index (Phi) is 6.57. The van der Waals surface area contributed by atoms with Gasteiger partial charge >= 0.3 is 0 Å². The molecule has 0 atom stereocenters. The fraction of sp³-hybridized carbons (Fsp3) is 0.375. The molecule has 0 radical (unpaired) electrons. The summed E-state index contributed by atoms with van der Waals surface area (Å²) in [6, 6.07) is 0. The molecular formula is C8H12O3. The van der Waals surface area contributed by atoms with Crippen LogP contribution in [0.3, 0.4) is 0 Å². The van der Waals surface area contributed by atoms with Gasteiger partial charge in [0.05, 0.1) is 13.2 Å². The minimum atomic E-state index is -0.800. The summed E-state index contributed by atoms with van der Waals surface area (Å²) in [5.74, 6) is 0. The Hall–Kier alpha value is -0.930. The minimum absolute atomic E-state index is 0.306. The lowest BCUT2D eigenvalue weighted by atomic mass is 10.6. The number of aldehydes is 1. The van der Waals surface area contributed by atoms with Crippen LogP contribution in [0.2, 0.25) is 0 Å². The van der Waals surface area contributed by atoms with E-state index < -0.39 is 6.29 Å². The van der Waals surface area contributed by atoms with Gasteiger partial charge in [-0.3, -0.25) is 4.79 Å². The van der Waals surface area contributed by atoms with E-state index in [1.165, 1.54) is 0 Å². The second-order valence-corrected chi connectivity index (χ2v) is 1.75. The van der Waals surface area contributed by atoms with Gasteiger partial charge in [0.25, 0.3) is 0 Å². The molecule has 0 spiro atoms. The fourth-order valence-electron chi connectivity index (χ4n) is 0.452.